The monoisotopic (exact) mass is 367 g/mol. The fourth-order valence-electron chi connectivity index (χ4n) is 3.70. The standard InChI is InChI=1S/C21H25N3O3/c1-15-4-3-5-18(16(15)2)23-20(25)19-14-17(6-9-22-19)24-10-7-21(8-11-24)26-12-13-27-21/h3-6,9,14H,7-8,10-13H2,1-2H3,(H,23,25). The van der Waals surface area contributed by atoms with E-state index in [-0.39, 0.29) is 5.91 Å². The number of hydrogen-bond acceptors (Lipinski definition) is 5. The highest BCUT2D eigenvalue weighted by atomic mass is 16.7. The van der Waals surface area contributed by atoms with Crippen LogP contribution >= 0.6 is 0 Å². The largest absolute Gasteiger partial charge is 0.371 e. The number of anilines is 2. The number of carbonyl (C=O) groups excluding carboxylic acids is 1. The van der Waals surface area contributed by atoms with Crippen LogP contribution in [0.3, 0.4) is 0 Å². The molecule has 0 saturated carbocycles. The van der Waals surface area contributed by atoms with Gasteiger partial charge in [-0.15, -0.1) is 0 Å². The van der Waals surface area contributed by atoms with Gasteiger partial charge in [0.2, 0.25) is 0 Å². The van der Waals surface area contributed by atoms with Crippen molar-refractivity contribution in [3.05, 3.63) is 53.3 Å². The third kappa shape index (κ3) is 3.68. The van der Waals surface area contributed by atoms with Gasteiger partial charge >= 0.3 is 0 Å². The fourth-order valence-corrected chi connectivity index (χ4v) is 3.70. The summed E-state index contributed by atoms with van der Waals surface area (Å²) in [5, 5.41) is 2.98. The number of nitrogens with zero attached hydrogens (tertiary/aromatic N) is 2. The Balaban J connectivity index is 1.46. The first-order chi connectivity index (χ1) is 13.1. The van der Waals surface area contributed by atoms with Gasteiger partial charge in [-0.25, -0.2) is 0 Å². The van der Waals surface area contributed by atoms with Gasteiger partial charge < -0.3 is 19.7 Å². The number of pyridine rings is 1. The molecular weight excluding hydrogens is 342 g/mol. The van der Waals surface area contributed by atoms with Crippen LogP contribution in [0.2, 0.25) is 0 Å². The van der Waals surface area contributed by atoms with Crippen LogP contribution in [0, 0.1) is 13.8 Å². The molecule has 27 heavy (non-hydrogen) atoms. The molecule has 2 fully saturated rings. The topological polar surface area (TPSA) is 63.7 Å². The Bertz CT molecular complexity index is 836. The summed E-state index contributed by atoms with van der Waals surface area (Å²) < 4.78 is 11.6. The Labute approximate surface area is 159 Å². The number of rotatable bonds is 3. The molecule has 3 heterocycles. The second-order valence-corrected chi connectivity index (χ2v) is 7.20. The molecular formula is C21H25N3O3. The number of amides is 1. The maximum atomic E-state index is 12.7. The third-order valence-corrected chi connectivity index (χ3v) is 5.53. The molecule has 4 rings (SSSR count). The van der Waals surface area contributed by atoms with E-state index in [4.69, 9.17) is 9.47 Å². The van der Waals surface area contributed by atoms with E-state index in [0.29, 0.717) is 18.9 Å². The number of piperidine rings is 1. The van der Waals surface area contributed by atoms with E-state index in [1.54, 1.807) is 6.20 Å². The minimum Gasteiger partial charge on any atom is -0.371 e. The average Bonchev–Trinajstić information content (AvgIpc) is 3.14. The van der Waals surface area contributed by atoms with E-state index >= 15 is 0 Å². The maximum absolute atomic E-state index is 12.7. The van der Waals surface area contributed by atoms with E-state index in [9.17, 15) is 4.79 Å². The van der Waals surface area contributed by atoms with Crippen LogP contribution in [0.4, 0.5) is 11.4 Å². The third-order valence-electron chi connectivity index (χ3n) is 5.53. The van der Waals surface area contributed by atoms with E-state index in [0.717, 1.165) is 48.4 Å². The normalized spacial score (nSPS) is 18.7. The van der Waals surface area contributed by atoms with Crippen LogP contribution in [0.5, 0.6) is 0 Å². The summed E-state index contributed by atoms with van der Waals surface area (Å²) >= 11 is 0. The quantitative estimate of drug-likeness (QED) is 0.902. The Morgan fingerprint density at radius 2 is 1.89 bits per heavy atom. The molecule has 2 aromatic rings. The van der Waals surface area contributed by atoms with Crippen molar-refractivity contribution >= 4 is 17.3 Å². The van der Waals surface area contributed by atoms with Crippen LogP contribution in [0.1, 0.15) is 34.5 Å². The number of aryl methyl sites for hydroxylation is 1. The first kappa shape index (κ1) is 17.9. The molecule has 142 valence electrons. The van der Waals surface area contributed by atoms with Crippen LogP contribution in [-0.4, -0.2) is 43.0 Å². The Morgan fingerprint density at radius 1 is 1.15 bits per heavy atom. The van der Waals surface area contributed by atoms with Crippen molar-refractivity contribution in [3.8, 4) is 0 Å². The Hall–Kier alpha value is -2.44. The molecule has 1 spiro atoms. The van der Waals surface area contributed by atoms with Crippen molar-refractivity contribution in [1.82, 2.24) is 4.98 Å². The summed E-state index contributed by atoms with van der Waals surface area (Å²) in [6, 6.07) is 9.69. The smallest absolute Gasteiger partial charge is 0.274 e. The predicted molar refractivity (Wildman–Crippen MR) is 104 cm³/mol. The zero-order valence-corrected chi connectivity index (χ0v) is 15.8. The van der Waals surface area contributed by atoms with Gasteiger partial charge in [0.15, 0.2) is 5.79 Å². The molecule has 1 aromatic carbocycles. The van der Waals surface area contributed by atoms with E-state index in [1.807, 2.05) is 44.2 Å². The molecule has 2 aliphatic heterocycles. The van der Waals surface area contributed by atoms with Gasteiger partial charge in [-0.3, -0.25) is 9.78 Å². The van der Waals surface area contributed by atoms with Crippen molar-refractivity contribution in [1.29, 1.82) is 0 Å². The lowest BCUT2D eigenvalue weighted by atomic mass is 10.0. The molecule has 0 unspecified atom stereocenters. The molecule has 1 aromatic heterocycles. The van der Waals surface area contributed by atoms with Gasteiger partial charge in [0.05, 0.1) is 13.2 Å². The summed E-state index contributed by atoms with van der Waals surface area (Å²) in [4.78, 5) is 19.2. The second kappa shape index (κ2) is 7.29. The fraction of sp³-hybridized carbons (Fsp3) is 0.429. The number of benzene rings is 1. The lowest BCUT2D eigenvalue weighted by molar-refractivity contribution is -0.169. The van der Waals surface area contributed by atoms with Gasteiger partial charge in [-0.1, -0.05) is 12.1 Å². The van der Waals surface area contributed by atoms with Crippen LogP contribution in [0.25, 0.3) is 0 Å². The van der Waals surface area contributed by atoms with Gasteiger partial charge in [0.25, 0.3) is 5.91 Å². The number of ether oxygens (including phenoxy) is 2. The van der Waals surface area contributed by atoms with Gasteiger partial charge in [0.1, 0.15) is 5.69 Å². The molecule has 6 heteroatoms. The van der Waals surface area contributed by atoms with Crippen molar-refractivity contribution in [2.24, 2.45) is 0 Å². The van der Waals surface area contributed by atoms with Crippen molar-refractivity contribution in [3.63, 3.8) is 0 Å². The van der Waals surface area contributed by atoms with Gasteiger partial charge in [-0.2, -0.15) is 0 Å². The average molecular weight is 367 g/mol. The van der Waals surface area contributed by atoms with Crippen LogP contribution in [-0.2, 0) is 9.47 Å². The number of carbonyl (C=O) groups is 1. The van der Waals surface area contributed by atoms with Crippen molar-refractivity contribution in [2.45, 2.75) is 32.5 Å². The Kier molecular flexibility index (Phi) is 4.85. The molecule has 0 atom stereocenters. The minimum absolute atomic E-state index is 0.193. The lowest BCUT2D eigenvalue weighted by Crippen LogP contribution is -2.45. The molecule has 0 bridgehead atoms. The van der Waals surface area contributed by atoms with E-state index in [2.05, 4.69) is 15.2 Å². The molecule has 6 nitrogen and oxygen atoms in total. The van der Waals surface area contributed by atoms with Crippen LogP contribution < -0.4 is 10.2 Å². The zero-order chi connectivity index (χ0) is 18.9. The molecule has 2 saturated heterocycles. The van der Waals surface area contributed by atoms with E-state index < -0.39 is 5.79 Å². The summed E-state index contributed by atoms with van der Waals surface area (Å²) in [5.41, 5.74) is 4.46. The molecule has 1 amide bonds. The highest BCUT2D eigenvalue weighted by molar-refractivity contribution is 6.03. The maximum Gasteiger partial charge on any atom is 0.274 e. The van der Waals surface area contributed by atoms with Gasteiger partial charge in [0, 0.05) is 43.5 Å². The Morgan fingerprint density at radius 3 is 2.63 bits per heavy atom. The van der Waals surface area contributed by atoms with Gasteiger partial charge in [-0.05, 0) is 43.2 Å². The molecule has 1 N–H and O–H groups in total. The molecule has 2 aliphatic rings. The van der Waals surface area contributed by atoms with Crippen molar-refractivity contribution in [2.75, 3.05) is 36.5 Å². The highest BCUT2D eigenvalue weighted by Crippen LogP contribution is 2.33. The SMILES string of the molecule is Cc1cccc(NC(=O)c2cc(N3CCC4(CC3)OCCO4)ccn2)c1C. The highest BCUT2D eigenvalue weighted by Gasteiger charge is 2.39. The summed E-state index contributed by atoms with van der Waals surface area (Å²) in [5.74, 6) is -0.589. The molecule has 0 aliphatic carbocycles. The van der Waals surface area contributed by atoms with Crippen molar-refractivity contribution < 1.29 is 14.3 Å². The minimum atomic E-state index is -0.396. The number of aromatic nitrogens is 1. The lowest BCUT2D eigenvalue weighted by Gasteiger charge is -2.38. The predicted octanol–water partition coefficient (Wildman–Crippen LogP) is 3.29. The number of hydrogen-bond donors (Lipinski definition) is 1. The molecule has 0 radical (unpaired) electrons. The first-order valence-corrected chi connectivity index (χ1v) is 9.43. The zero-order valence-electron chi connectivity index (χ0n) is 15.8. The van der Waals surface area contributed by atoms with Crippen LogP contribution in [0.15, 0.2) is 36.5 Å². The number of nitrogens with one attached hydrogen (secondary N) is 1. The summed E-state index contributed by atoms with van der Waals surface area (Å²) in [6.07, 6.45) is 3.36. The summed E-state index contributed by atoms with van der Waals surface area (Å²) in [7, 11) is 0. The summed E-state index contributed by atoms with van der Waals surface area (Å²) in [6.45, 7) is 7.07. The second-order valence-electron chi connectivity index (χ2n) is 7.20. The first-order valence-electron chi connectivity index (χ1n) is 9.43. The van der Waals surface area contributed by atoms with E-state index in [1.165, 1.54) is 0 Å².